The minimum Gasteiger partial charge on any atom is -0.387 e. The molecule has 6 heteroatoms. The molecule has 2 saturated heterocycles. The second kappa shape index (κ2) is 9.20. The maximum absolute atomic E-state index is 12.9. The van der Waals surface area contributed by atoms with Gasteiger partial charge in [-0.1, -0.05) is 30.3 Å². The van der Waals surface area contributed by atoms with E-state index in [1.165, 1.54) is 5.56 Å². The molecule has 0 bridgehead atoms. The Kier molecular flexibility index (Phi) is 6.84. The molecule has 0 aliphatic carbocycles. The highest BCUT2D eigenvalue weighted by molar-refractivity contribution is 5.97. The summed E-state index contributed by atoms with van der Waals surface area (Å²) in [4.78, 5) is 17.0. The highest BCUT2D eigenvalue weighted by Gasteiger charge is 2.37. The van der Waals surface area contributed by atoms with Crippen LogP contribution in [0.5, 0.6) is 0 Å². The molecule has 0 radical (unpaired) electrons. The average molecular weight is 410 g/mol. The molecule has 2 aliphatic heterocycles. The first kappa shape index (κ1) is 22.3. The normalized spacial score (nSPS) is 22.4. The SMILES string of the molecule is CC1(C)CC(N/C=C(/C#N)C(=O)N2CCN(Cc3ccccc3)CC2)CC(C)(C)N1. The van der Waals surface area contributed by atoms with Crippen LogP contribution in [0.4, 0.5) is 0 Å². The highest BCUT2D eigenvalue weighted by atomic mass is 16.2. The number of carbonyl (C=O) groups is 1. The molecule has 6 nitrogen and oxygen atoms in total. The Bertz CT molecular complexity index is 785. The van der Waals surface area contributed by atoms with Gasteiger partial charge in [-0.15, -0.1) is 0 Å². The second-order valence-electron chi connectivity index (χ2n) is 9.89. The minimum atomic E-state index is -0.170. The van der Waals surface area contributed by atoms with E-state index in [9.17, 15) is 10.1 Å². The third-order valence-electron chi connectivity index (χ3n) is 5.91. The van der Waals surface area contributed by atoms with Crippen LogP contribution in [0.3, 0.4) is 0 Å². The topological polar surface area (TPSA) is 71.4 Å². The molecule has 2 aliphatic rings. The molecular formula is C24H35N5O. The van der Waals surface area contributed by atoms with Crippen LogP contribution < -0.4 is 10.6 Å². The zero-order chi connectivity index (χ0) is 21.8. The molecule has 3 rings (SSSR count). The molecule has 2 N–H and O–H groups in total. The maximum atomic E-state index is 12.9. The van der Waals surface area contributed by atoms with Gasteiger partial charge in [-0.2, -0.15) is 5.26 Å². The molecule has 0 aromatic heterocycles. The van der Waals surface area contributed by atoms with Gasteiger partial charge >= 0.3 is 0 Å². The van der Waals surface area contributed by atoms with Gasteiger partial charge in [-0.25, -0.2) is 0 Å². The van der Waals surface area contributed by atoms with Gasteiger partial charge in [0.15, 0.2) is 0 Å². The molecule has 162 valence electrons. The van der Waals surface area contributed by atoms with E-state index in [0.29, 0.717) is 13.1 Å². The first-order valence-electron chi connectivity index (χ1n) is 10.9. The fraction of sp³-hybridized carbons (Fsp3) is 0.583. The molecule has 0 unspecified atom stereocenters. The van der Waals surface area contributed by atoms with E-state index in [0.717, 1.165) is 32.5 Å². The summed E-state index contributed by atoms with van der Waals surface area (Å²) in [6, 6.07) is 12.7. The van der Waals surface area contributed by atoms with Gasteiger partial charge < -0.3 is 15.5 Å². The van der Waals surface area contributed by atoms with Crippen molar-refractivity contribution in [3.05, 3.63) is 47.7 Å². The first-order chi connectivity index (χ1) is 14.2. The Labute approximate surface area is 180 Å². The van der Waals surface area contributed by atoms with Gasteiger partial charge in [0.1, 0.15) is 11.6 Å². The molecule has 1 amide bonds. The van der Waals surface area contributed by atoms with Crippen molar-refractivity contribution in [2.45, 2.75) is 64.2 Å². The Hall–Kier alpha value is -2.36. The van der Waals surface area contributed by atoms with Crippen LogP contribution in [0.2, 0.25) is 0 Å². The van der Waals surface area contributed by atoms with Gasteiger partial charge in [-0.3, -0.25) is 9.69 Å². The number of nitrogens with one attached hydrogen (secondary N) is 2. The van der Waals surface area contributed by atoms with Crippen LogP contribution >= 0.6 is 0 Å². The lowest BCUT2D eigenvalue weighted by Crippen LogP contribution is -2.61. The van der Waals surface area contributed by atoms with E-state index < -0.39 is 0 Å². The molecule has 2 fully saturated rings. The van der Waals surface area contributed by atoms with Crippen LogP contribution in [0, 0.1) is 11.3 Å². The van der Waals surface area contributed by atoms with Crippen molar-refractivity contribution in [1.29, 1.82) is 5.26 Å². The molecule has 1 aromatic carbocycles. The lowest BCUT2D eigenvalue weighted by molar-refractivity contribution is -0.128. The summed E-state index contributed by atoms with van der Waals surface area (Å²) in [6.07, 6.45) is 3.52. The Balaban J connectivity index is 1.54. The number of hydrogen-bond donors (Lipinski definition) is 2. The van der Waals surface area contributed by atoms with Gasteiger partial charge in [0.25, 0.3) is 5.91 Å². The van der Waals surface area contributed by atoms with Crippen LogP contribution in [0.25, 0.3) is 0 Å². The van der Waals surface area contributed by atoms with Gasteiger partial charge in [0, 0.05) is 56.0 Å². The lowest BCUT2D eigenvalue weighted by Gasteiger charge is -2.46. The monoisotopic (exact) mass is 409 g/mol. The number of amides is 1. The van der Waals surface area contributed by atoms with Crippen molar-refractivity contribution in [1.82, 2.24) is 20.4 Å². The van der Waals surface area contributed by atoms with Crippen molar-refractivity contribution in [3.8, 4) is 6.07 Å². The summed E-state index contributed by atoms with van der Waals surface area (Å²) < 4.78 is 0. The van der Waals surface area contributed by atoms with Crippen molar-refractivity contribution in [2.24, 2.45) is 0 Å². The third-order valence-corrected chi connectivity index (χ3v) is 5.91. The lowest BCUT2D eigenvalue weighted by atomic mass is 9.79. The van der Waals surface area contributed by atoms with Crippen LogP contribution in [-0.4, -0.2) is 59.0 Å². The summed E-state index contributed by atoms with van der Waals surface area (Å²) in [6.45, 7) is 12.6. The minimum absolute atomic E-state index is 0.0130. The Morgan fingerprint density at radius 2 is 1.73 bits per heavy atom. The zero-order valence-corrected chi connectivity index (χ0v) is 18.7. The van der Waals surface area contributed by atoms with Crippen molar-refractivity contribution in [3.63, 3.8) is 0 Å². The molecule has 0 atom stereocenters. The van der Waals surface area contributed by atoms with E-state index in [1.54, 1.807) is 11.1 Å². The Morgan fingerprint density at radius 3 is 2.30 bits per heavy atom. The third kappa shape index (κ3) is 6.07. The van der Waals surface area contributed by atoms with E-state index in [4.69, 9.17) is 0 Å². The van der Waals surface area contributed by atoms with Crippen LogP contribution in [-0.2, 0) is 11.3 Å². The number of carbonyl (C=O) groups excluding carboxylic acids is 1. The highest BCUT2D eigenvalue weighted by Crippen LogP contribution is 2.28. The fourth-order valence-corrected chi connectivity index (χ4v) is 4.90. The number of hydrogen-bond acceptors (Lipinski definition) is 5. The Morgan fingerprint density at radius 1 is 1.13 bits per heavy atom. The molecule has 0 spiro atoms. The van der Waals surface area contributed by atoms with Gasteiger partial charge in [-0.05, 0) is 46.1 Å². The standard InChI is InChI=1S/C24H35N5O/c1-23(2)14-21(15-24(3,4)27-23)26-17-20(16-25)22(30)29-12-10-28(11-13-29)18-19-8-6-5-7-9-19/h5-9,17,21,26-27H,10-15,18H2,1-4H3/b20-17-. The summed E-state index contributed by atoms with van der Waals surface area (Å²) in [7, 11) is 0. The number of benzene rings is 1. The fourth-order valence-electron chi connectivity index (χ4n) is 4.90. The number of nitrogens with zero attached hydrogens (tertiary/aromatic N) is 3. The van der Waals surface area contributed by atoms with Crippen LogP contribution in [0.1, 0.15) is 46.1 Å². The summed E-state index contributed by atoms with van der Waals surface area (Å²) in [5.41, 5.74) is 1.51. The van der Waals surface area contributed by atoms with E-state index in [2.05, 4.69) is 73.6 Å². The van der Waals surface area contributed by atoms with E-state index in [-0.39, 0.29) is 28.6 Å². The van der Waals surface area contributed by atoms with Crippen molar-refractivity contribution in [2.75, 3.05) is 26.2 Å². The molecule has 2 heterocycles. The first-order valence-corrected chi connectivity index (χ1v) is 10.9. The zero-order valence-electron chi connectivity index (χ0n) is 18.7. The predicted octanol–water partition coefficient (Wildman–Crippen LogP) is 2.64. The predicted molar refractivity (Wildman–Crippen MR) is 119 cm³/mol. The number of piperazine rings is 1. The maximum Gasteiger partial charge on any atom is 0.266 e. The number of nitriles is 1. The summed E-state index contributed by atoms with van der Waals surface area (Å²) in [5, 5.41) is 16.6. The largest absolute Gasteiger partial charge is 0.387 e. The van der Waals surface area contributed by atoms with Gasteiger partial charge in [0.2, 0.25) is 0 Å². The quantitative estimate of drug-likeness (QED) is 0.578. The number of rotatable bonds is 5. The van der Waals surface area contributed by atoms with Crippen molar-refractivity contribution >= 4 is 5.91 Å². The van der Waals surface area contributed by atoms with E-state index >= 15 is 0 Å². The summed E-state index contributed by atoms with van der Waals surface area (Å²) >= 11 is 0. The smallest absolute Gasteiger partial charge is 0.266 e. The molecule has 30 heavy (non-hydrogen) atoms. The van der Waals surface area contributed by atoms with Crippen molar-refractivity contribution < 1.29 is 4.79 Å². The average Bonchev–Trinajstić information content (AvgIpc) is 2.67. The molecule has 1 aromatic rings. The van der Waals surface area contributed by atoms with Gasteiger partial charge in [0.05, 0.1) is 0 Å². The summed E-state index contributed by atoms with van der Waals surface area (Å²) in [5.74, 6) is -0.170. The second-order valence-corrected chi connectivity index (χ2v) is 9.89. The number of piperidine rings is 1. The van der Waals surface area contributed by atoms with Crippen LogP contribution in [0.15, 0.2) is 42.1 Å². The van der Waals surface area contributed by atoms with E-state index in [1.807, 2.05) is 6.07 Å². The molecular weight excluding hydrogens is 374 g/mol. The molecule has 0 saturated carbocycles.